The smallest absolute Gasteiger partial charge is 0.144 e. The van der Waals surface area contributed by atoms with E-state index in [0.717, 1.165) is 44.9 Å². The largest absolute Gasteiger partial charge is 0.390 e. The zero-order valence-corrected chi connectivity index (χ0v) is 13.0. The van der Waals surface area contributed by atoms with Crippen LogP contribution in [-0.4, -0.2) is 9.55 Å². The second-order valence-electron chi connectivity index (χ2n) is 4.42. The van der Waals surface area contributed by atoms with E-state index in [4.69, 9.17) is 10.7 Å². The lowest BCUT2D eigenvalue weighted by molar-refractivity contribution is 0.704. The van der Waals surface area contributed by atoms with Gasteiger partial charge in [0.15, 0.2) is 0 Å². The van der Waals surface area contributed by atoms with Gasteiger partial charge in [-0.1, -0.05) is 22.9 Å². The highest BCUT2D eigenvalue weighted by Gasteiger charge is 2.15. The standard InChI is InChI=1S/C14H14BrN3S/c1-2-6-18-12-4-3-9(15)8-11(12)17-14(18)10-5-7-19-13(10)16/h3-5,7-8H,2,6,16H2,1H3. The van der Waals surface area contributed by atoms with Gasteiger partial charge in [0.25, 0.3) is 0 Å². The van der Waals surface area contributed by atoms with Crippen molar-refractivity contribution in [2.24, 2.45) is 0 Å². The van der Waals surface area contributed by atoms with E-state index in [0.29, 0.717) is 0 Å². The van der Waals surface area contributed by atoms with Crippen LogP contribution in [0.4, 0.5) is 5.00 Å². The molecule has 0 amide bonds. The third-order valence-electron chi connectivity index (χ3n) is 3.09. The van der Waals surface area contributed by atoms with E-state index >= 15 is 0 Å². The van der Waals surface area contributed by atoms with Crippen LogP contribution in [-0.2, 0) is 6.54 Å². The van der Waals surface area contributed by atoms with E-state index in [-0.39, 0.29) is 0 Å². The topological polar surface area (TPSA) is 43.8 Å². The molecule has 0 atom stereocenters. The van der Waals surface area contributed by atoms with Crippen LogP contribution in [0.5, 0.6) is 0 Å². The molecule has 2 heterocycles. The van der Waals surface area contributed by atoms with Crippen LogP contribution < -0.4 is 5.73 Å². The van der Waals surface area contributed by atoms with Crippen molar-refractivity contribution < 1.29 is 0 Å². The second-order valence-corrected chi connectivity index (χ2v) is 6.28. The Morgan fingerprint density at radius 2 is 2.21 bits per heavy atom. The highest BCUT2D eigenvalue weighted by atomic mass is 79.9. The van der Waals surface area contributed by atoms with Gasteiger partial charge in [0.05, 0.1) is 21.6 Å². The van der Waals surface area contributed by atoms with Gasteiger partial charge in [-0.05, 0) is 36.1 Å². The normalized spacial score (nSPS) is 11.3. The molecular formula is C14H14BrN3S. The molecule has 0 unspecified atom stereocenters. The summed E-state index contributed by atoms with van der Waals surface area (Å²) in [6.07, 6.45) is 1.07. The fraction of sp³-hybridized carbons (Fsp3) is 0.214. The van der Waals surface area contributed by atoms with Crippen LogP contribution in [0.3, 0.4) is 0 Å². The number of fused-ring (bicyclic) bond motifs is 1. The van der Waals surface area contributed by atoms with Gasteiger partial charge in [0, 0.05) is 11.0 Å². The number of imidazole rings is 1. The number of thiophene rings is 1. The van der Waals surface area contributed by atoms with E-state index in [1.165, 1.54) is 0 Å². The molecular weight excluding hydrogens is 322 g/mol. The summed E-state index contributed by atoms with van der Waals surface area (Å²) in [6, 6.07) is 8.25. The first-order valence-corrected chi connectivity index (χ1v) is 7.87. The Hall–Kier alpha value is -1.33. The molecule has 0 saturated heterocycles. The Bertz CT molecular complexity index is 729. The molecule has 2 aromatic heterocycles. The number of nitrogen functional groups attached to an aromatic ring is 1. The molecule has 3 nitrogen and oxygen atoms in total. The Balaban J connectivity index is 2.28. The SMILES string of the molecule is CCCn1c(-c2ccsc2N)nc2cc(Br)ccc21. The molecule has 2 N–H and O–H groups in total. The number of nitrogens with zero attached hydrogens (tertiary/aromatic N) is 2. The minimum absolute atomic E-state index is 0.826. The molecule has 0 bridgehead atoms. The first-order chi connectivity index (χ1) is 9.20. The zero-order chi connectivity index (χ0) is 13.4. The van der Waals surface area contributed by atoms with Crippen molar-refractivity contribution in [3.8, 4) is 11.4 Å². The molecule has 0 aliphatic heterocycles. The third kappa shape index (κ3) is 2.17. The third-order valence-corrected chi connectivity index (χ3v) is 4.33. The van der Waals surface area contributed by atoms with Crippen LogP contribution in [0.2, 0.25) is 0 Å². The number of anilines is 1. The number of benzene rings is 1. The molecule has 3 rings (SSSR count). The highest BCUT2D eigenvalue weighted by molar-refractivity contribution is 9.10. The summed E-state index contributed by atoms with van der Waals surface area (Å²) in [6.45, 7) is 3.12. The van der Waals surface area contributed by atoms with Crippen molar-refractivity contribution in [1.82, 2.24) is 9.55 Å². The number of aromatic nitrogens is 2. The molecule has 0 radical (unpaired) electrons. The Kier molecular flexibility index (Phi) is 3.33. The molecule has 0 aliphatic carbocycles. The summed E-state index contributed by atoms with van der Waals surface area (Å²) >= 11 is 5.05. The maximum atomic E-state index is 6.05. The van der Waals surface area contributed by atoms with Gasteiger partial charge < -0.3 is 10.3 Å². The number of halogens is 1. The first-order valence-electron chi connectivity index (χ1n) is 6.20. The summed E-state index contributed by atoms with van der Waals surface area (Å²) in [5.74, 6) is 0.966. The van der Waals surface area contributed by atoms with Crippen LogP contribution >= 0.6 is 27.3 Å². The fourth-order valence-electron chi connectivity index (χ4n) is 2.26. The predicted octanol–water partition coefficient (Wildman–Crippen LogP) is 4.52. The molecule has 1 aromatic carbocycles. The molecule has 5 heteroatoms. The van der Waals surface area contributed by atoms with Crippen molar-refractivity contribution in [2.75, 3.05) is 5.73 Å². The highest BCUT2D eigenvalue weighted by Crippen LogP contribution is 2.33. The average molecular weight is 336 g/mol. The quantitative estimate of drug-likeness (QED) is 0.764. The predicted molar refractivity (Wildman–Crippen MR) is 85.4 cm³/mol. The van der Waals surface area contributed by atoms with Gasteiger partial charge in [0.2, 0.25) is 0 Å². The number of hydrogen-bond acceptors (Lipinski definition) is 3. The molecule has 0 saturated carbocycles. The minimum Gasteiger partial charge on any atom is -0.390 e. The maximum absolute atomic E-state index is 6.05. The van der Waals surface area contributed by atoms with E-state index in [1.807, 2.05) is 17.5 Å². The molecule has 0 spiro atoms. The fourth-order valence-corrected chi connectivity index (χ4v) is 3.25. The molecule has 0 fully saturated rings. The van der Waals surface area contributed by atoms with Crippen molar-refractivity contribution in [3.63, 3.8) is 0 Å². The molecule has 19 heavy (non-hydrogen) atoms. The monoisotopic (exact) mass is 335 g/mol. The van der Waals surface area contributed by atoms with Gasteiger partial charge in [-0.15, -0.1) is 11.3 Å². The van der Waals surface area contributed by atoms with Crippen LogP contribution in [0, 0.1) is 0 Å². The molecule has 98 valence electrons. The first kappa shape index (κ1) is 12.7. The van der Waals surface area contributed by atoms with E-state index in [1.54, 1.807) is 11.3 Å². The summed E-state index contributed by atoms with van der Waals surface area (Å²) in [7, 11) is 0. The number of rotatable bonds is 3. The van der Waals surface area contributed by atoms with Crippen molar-refractivity contribution in [3.05, 3.63) is 34.1 Å². The lowest BCUT2D eigenvalue weighted by Gasteiger charge is -2.07. The molecule has 0 aliphatic rings. The van der Waals surface area contributed by atoms with Crippen LogP contribution in [0.25, 0.3) is 22.4 Å². The molecule has 3 aromatic rings. The number of hydrogen-bond donors (Lipinski definition) is 1. The average Bonchev–Trinajstić information content (AvgIpc) is 2.94. The Morgan fingerprint density at radius 3 is 2.89 bits per heavy atom. The summed E-state index contributed by atoms with van der Waals surface area (Å²) < 4.78 is 3.30. The number of aryl methyl sites for hydroxylation is 1. The summed E-state index contributed by atoms with van der Waals surface area (Å²) in [5, 5.41) is 2.84. The van der Waals surface area contributed by atoms with E-state index in [2.05, 4.69) is 39.6 Å². The number of nitrogens with two attached hydrogens (primary N) is 1. The Morgan fingerprint density at radius 1 is 1.37 bits per heavy atom. The lowest BCUT2D eigenvalue weighted by Crippen LogP contribution is -2.00. The van der Waals surface area contributed by atoms with Crippen molar-refractivity contribution in [2.45, 2.75) is 19.9 Å². The van der Waals surface area contributed by atoms with Gasteiger partial charge in [-0.3, -0.25) is 0 Å². The van der Waals surface area contributed by atoms with Gasteiger partial charge in [0.1, 0.15) is 5.82 Å². The summed E-state index contributed by atoms with van der Waals surface area (Å²) in [4.78, 5) is 4.76. The van der Waals surface area contributed by atoms with Crippen LogP contribution in [0.15, 0.2) is 34.1 Å². The van der Waals surface area contributed by atoms with E-state index in [9.17, 15) is 0 Å². The van der Waals surface area contributed by atoms with E-state index < -0.39 is 0 Å². The zero-order valence-electron chi connectivity index (χ0n) is 10.6. The Labute approximate surface area is 124 Å². The van der Waals surface area contributed by atoms with Gasteiger partial charge >= 0.3 is 0 Å². The second kappa shape index (κ2) is 4.98. The summed E-state index contributed by atoms with van der Waals surface area (Å²) in [5.41, 5.74) is 9.24. The van der Waals surface area contributed by atoms with Gasteiger partial charge in [-0.2, -0.15) is 0 Å². The van der Waals surface area contributed by atoms with Crippen LogP contribution in [0.1, 0.15) is 13.3 Å². The van der Waals surface area contributed by atoms with Crippen molar-refractivity contribution in [1.29, 1.82) is 0 Å². The van der Waals surface area contributed by atoms with Gasteiger partial charge in [-0.25, -0.2) is 4.98 Å². The van der Waals surface area contributed by atoms with Crippen molar-refractivity contribution >= 4 is 43.3 Å². The maximum Gasteiger partial charge on any atom is 0.144 e. The lowest BCUT2D eigenvalue weighted by atomic mass is 10.3. The minimum atomic E-state index is 0.826.